The lowest BCUT2D eigenvalue weighted by Crippen LogP contribution is -2.34. The molecule has 1 aromatic carbocycles. The van der Waals surface area contributed by atoms with E-state index in [0.717, 1.165) is 23.4 Å². The summed E-state index contributed by atoms with van der Waals surface area (Å²) in [6.07, 6.45) is 5.53. The molecule has 7 heteroatoms. The molecule has 0 bridgehead atoms. The SMILES string of the molecule is C=CCOc1ccccc1CNC(=O)[C@H]1CNC[C@@H]1c1cnn(C)c1.Cl. The molecule has 2 aromatic rings. The second-order valence-corrected chi connectivity index (χ2v) is 6.24. The van der Waals surface area contributed by atoms with Gasteiger partial charge in [0.2, 0.25) is 5.91 Å². The molecule has 0 unspecified atom stereocenters. The van der Waals surface area contributed by atoms with E-state index < -0.39 is 0 Å². The smallest absolute Gasteiger partial charge is 0.225 e. The first-order chi connectivity index (χ1) is 12.2. The monoisotopic (exact) mass is 376 g/mol. The minimum atomic E-state index is -0.0922. The van der Waals surface area contributed by atoms with E-state index in [1.165, 1.54) is 0 Å². The Morgan fingerprint density at radius 2 is 2.27 bits per heavy atom. The van der Waals surface area contributed by atoms with Crippen LogP contribution in [-0.4, -0.2) is 35.4 Å². The van der Waals surface area contributed by atoms with Crippen molar-refractivity contribution in [3.63, 3.8) is 0 Å². The van der Waals surface area contributed by atoms with E-state index in [2.05, 4.69) is 22.3 Å². The highest BCUT2D eigenvalue weighted by molar-refractivity contribution is 5.85. The van der Waals surface area contributed by atoms with Gasteiger partial charge in [-0.05, 0) is 11.6 Å². The maximum Gasteiger partial charge on any atom is 0.225 e. The third kappa shape index (κ3) is 4.65. The summed E-state index contributed by atoms with van der Waals surface area (Å²) in [5.74, 6) is 0.889. The zero-order valence-corrected chi connectivity index (χ0v) is 15.7. The Hall–Kier alpha value is -2.31. The lowest BCUT2D eigenvalue weighted by atomic mass is 9.90. The summed E-state index contributed by atoms with van der Waals surface area (Å²) in [4.78, 5) is 12.7. The highest BCUT2D eigenvalue weighted by Gasteiger charge is 2.34. The first kappa shape index (κ1) is 20.0. The van der Waals surface area contributed by atoms with Crippen molar-refractivity contribution < 1.29 is 9.53 Å². The van der Waals surface area contributed by atoms with Crippen LogP contribution in [0.15, 0.2) is 49.3 Å². The number of carbonyl (C=O) groups excluding carboxylic acids is 1. The highest BCUT2D eigenvalue weighted by Crippen LogP contribution is 2.28. The van der Waals surface area contributed by atoms with Crippen molar-refractivity contribution in [3.05, 3.63) is 60.4 Å². The number of nitrogens with zero attached hydrogens (tertiary/aromatic N) is 2. The molecule has 0 saturated carbocycles. The molecule has 0 spiro atoms. The van der Waals surface area contributed by atoms with Crippen LogP contribution in [0.4, 0.5) is 0 Å². The molecule has 140 valence electrons. The number of ether oxygens (including phenoxy) is 1. The number of carbonyl (C=O) groups is 1. The summed E-state index contributed by atoms with van der Waals surface area (Å²) in [6.45, 7) is 6.03. The first-order valence-corrected chi connectivity index (χ1v) is 8.47. The lowest BCUT2D eigenvalue weighted by Gasteiger charge is -2.18. The Morgan fingerprint density at radius 1 is 1.46 bits per heavy atom. The van der Waals surface area contributed by atoms with Crippen LogP contribution >= 0.6 is 12.4 Å². The number of rotatable bonds is 7. The molecule has 6 nitrogen and oxygen atoms in total. The molecule has 1 saturated heterocycles. The molecular formula is C19H25ClN4O2. The Morgan fingerprint density at radius 3 is 3.00 bits per heavy atom. The van der Waals surface area contributed by atoms with Gasteiger partial charge < -0.3 is 15.4 Å². The fraction of sp³-hybridized carbons (Fsp3) is 0.368. The van der Waals surface area contributed by atoms with Gasteiger partial charge in [-0.2, -0.15) is 5.10 Å². The standard InChI is InChI=1S/C19H24N4O2.ClH/c1-3-8-25-18-7-5-4-6-14(18)9-21-19(24)17-12-20-11-16(17)15-10-22-23(2)13-15;/h3-7,10,13,16-17,20H,1,8-9,11-12H2,2H3,(H,21,24);1H/t16-,17+;/m1./s1. The van der Waals surface area contributed by atoms with Crippen molar-refractivity contribution in [2.75, 3.05) is 19.7 Å². The number of aryl methyl sites for hydroxylation is 1. The number of amides is 1. The van der Waals surface area contributed by atoms with Crippen molar-refractivity contribution in [1.29, 1.82) is 0 Å². The zero-order valence-electron chi connectivity index (χ0n) is 14.9. The Kier molecular flexibility index (Phi) is 7.24. The summed E-state index contributed by atoms with van der Waals surface area (Å²) in [5.41, 5.74) is 2.06. The number of para-hydroxylation sites is 1. The largest absolute Gasteiger partial charge is 0.489 e. The molecule has 2 atom stereocenters. The predicted molar refractivity (Wildman–Crippen MR) is 104 cm³/mol. The van der Waals surface area contributed by atoms with E-state index in [4.69, 9.17) is 4.74 Å². The Balaban J connectivity index is 0.00000243. The lowest BCUT2D eigenvalue weighted by molar-refractivity contribution is -0.125. The molecule has 26 heavy (non-hydrogen) atoms. The van der Waals surface area contributed by atoms with Gasteiger partial charge in [-0.25, -0.2) is 0 Å². The van der Waals surface area contributed by atoms with Crippen molar-refractivity contribution >= 4 is 18.3 Å². The van der Waals surface area contributed by atoms with Gasteiger partial charge in [0.05, 0.1) is 12.1 Å². The minimum absolute atomic E-state index is 0. The topological polar surface area (TPSA) is 68.2 Å². The first-order valence-electron chi connectivity index (χ1n) is 8.47. The third-order valence-corrected chi connectivity index (χ3v) is 4.49. The van der Waals surface area contributed by atoms with E-state index in [1.54, 1.807) is 10.8 Å². The van der Waals surface area contributed by atoms with Crippen LogP contribution in [0, 0.1) is 5.92 Å². The van der Waals surface area contributed by atoms with E-state index in [1.807, 2.05) is 43.7 Å². The number of nitrogens with one attached hydrogen (secondary N) is 2. The molecule has 1 aliphatic heterocycles. The molecule has 2 N–H and O–H groups in total. The number of hydrogen-bond acceptors (Lipinski definition) is 4. The maximum atomic E-state index is 12.7. The second kappa shape index (κ2) is 9.40. The molecule has 1 fully saturated rings. The summed E-state index contributed by atoms with van der Waals surface area (Å²) in [5, 5.41) is 10.6. The van der Waals surface area contributed by atoms with Gasteiger partial charge in [-0.3, -0.25) is 9.48 Å². The normalized spacial score (nSPS) is 18.8. The second-order valence-electron chi connectivity index (χ2n) is 6.24. The van der Waals surface area contributed by atoms with Crippen molar-refractivity contribution in [1.82, 2.24) is 20.4 Å². The zero-order chi connectivity index (χ0) is 17.6. The van der Waals surface area contributed by atoms with E-state index >= 15 is 0 Å². The van der Waals surface area contributed by atoms with Crippen LogP contribution in [0.1, 0.15) is 17.0 Å². The number of aromatic nitrogens is 2. The summed E-state index contributed by atoms with van der Waals surface area (Å²) >= 11 is 0. The predicted octanol–water partition coefficient (Wildman–Crippen LogP) is 2.03. The third-order valence-electron chi connectivity index (χ3n) is 4.49. The summed E-state index contributed by atoms with van der Waals surface area (Å²) in [6, 6.07) is 7.73. The van der Waals surface area contributed by atoms with Gasteiger partial charge in [0, 0.05) is 44.4 Å². The van der Waals surface area contributed by atoms with Crippen LogP contribution < -0.4 is 15.4 Å². The summed E-state index contributed by atoms with van der Waals surface area (Å²) in [7, 11) is 1.89. The fourth-order valence-electron chi connectivity index (χ4n) is 3.19. The van der Waals surface area contributed by atoms with Crippen molar-refractivity contribution in [3.8, 4) is 5.75 Å². The Labute approximate surface area is 160 Å². The quantitative estimate of drug-likeness (QED) is 0.725. The van der Waals surface area contributed by atoms with Gasteiger partial charge >= 0.3 is 0 Å². The van der Waals surface area contributed by atoms with E-state index in [0.29, 0.717) is 19.7 Å². The maximum absolute atomic E-state index is 12.7. The highest BCUT2D eigenvalue weighted by atomic mass is 35.5. The average molecular weight is 377 g/mol. The van der Waals surface area contributed by atoms with Gasteiger partial charge in [0.1, 0.15) is 12.4 Å². The van der Waals surface area contributed by atoms with Crippen LogP contribution in [0.25, 0.3) is 0 Å². The molecule has 2 heterocycles. The Bertz CT molecular complexity index is 747. The molecular weight excluding hydrogens is 352 g/mol. The van der Waals surface area contributed by atoms with Gasteiger partial charge in [-0.1, -0.05) is 30.9 Å². The molecule has 1 amide bonds. The minimum Gasteiger partial charge on any atom is -0.489 e. The van der Waals surface area contributed by atoms with Crippen LogP contribution in [-0.2, 0) is 18.4 Å². The molecule has 3 rings (SSSR count). The van der Waals surface area contributed by atoms with Crippen molar-refractivity contribution in [2.45, 2.75) is 12.5 Å². The molecule has 0 aliphatic carbocycles. The fourth-order valence-corrected chi connectivity index (χ4v) is 3.19. The van der Waals surface area contributed by atoms with Crippen LogP contribution in [0.5, 0.6) is 5.75 Å². The van der Waals surface area contributed by atoms with E-state index in [-0.39, 0.29) is 30.2 Å². The van der Waals surface area contributed by atoms with Crippen LogP contribution in [0.2, 0.25) is 0 Å². The van der Waals surface area contributed by atoms with Crippen molar-refractivity contribution in [2.24, 2.45) is 13.0 Å². The summed E-state index contributed by atoms with van der Waals surface area (Å²) < 4.78 is 7.42. The molecule has 1 aliphatic rings. The van der Waals surface area contributed by atoms with Crippen LogP contribution in [0.3, 0.4) is 0 Å². The average Bonchev–Trinajstić information content (AvgIpc) is 3.27. The van der Waals surface area contributed by atoms with Gasteiger partial charge in [-0.15, -0.1) is 12.4 Å². The van der Waals surface area contributed by atoms with Gasteiger partial charge in [0.25, 0.3) is 0 Å². The number of benzene rings is 1. The number of hydrogen-bond donors (Lipinski definition) is 2. The van der Waals surface area contributed by atoms with Gasteiger partial charge in [0.15, 0.2) is 0 Å². The van der Waals surface area contributed by atoms with E-state index in [9.17, 15) is 4.79 Å². The number of halogens is 1. The molecule has 1 aromatic heterocycles. The molecule has 0 radical (unpaired) electrons.